The van der Waals surface area contributed by atoms with Crippen molar-refractivity contribution in [2.24, 2.45) is 0 Å². The SMILES string of the molecule is Cc1nc(NC(=O)CCC(=O)c2ccc3c(c2)CCCC3)cc(=O)[nH]1. The Morgan fingerprint density at radius 3 is 2.64 bits per heavy atom. The van der Waals surface area contributed by atoms with Gasteiger partial charge in [-0.15, -0.1) is 0 Å². The van der Waals surface area contributed by atoms with E-state index in [-0.39, 0.29) is 35.9 Å². The highest BCUT2D eigenvalue weighted by Crippen LogP contribution is 2.23. The van der Waals surface area contributed by atoms with Gasteiger partial charge in [-0.05, 0) is 49.8 Å². The number of aromatic amines is 1. The molecule has 0 radical (unpaired) electrons. The average molecular weight is 339 g/mol. The van der Waals surface area contributed by atoms with Gasteiger partial charge in [0.2, 0.25) is 5.91 Å². The maximum Gasteiger partial charge on any atom is 0.252 e. The number of fused-ring (bicyclic) bond motifs is 1. The molecule has 1 aromatic carbocycles. The van der Waals surface area contributed by atoms with Crippen molar-refractivity contribution in [3.05, 3.63) is 57.1 Å². The molecule has 25 heavy (non-hydrogen) atoms. The van der Waals surface area contributed by atoms with Crippen LogP contribution in [0.25, 0.3) is 0 Å². The highest BCUT2D eigenvalue weighted by molar-refractivity contribution is 6.00. The summed E-state index contributed by atoms with van der Waals surface area (Å²) in [7, 11) is 0. The zero-order chi connectivity index (χ0) is 17.8. The topological polar surface area (TPSA) is 91.9 Å². The molecule has 0 spiro atoms. The highest BCUT2D eigenvalue weighted by atomic mass is 16.2. The second kappa shape index (κ2) is 7.42. The summed E-state index contributed by atoms with van der Waals surface area (Å²) in [5, 5.41) is 2.56. The molecule has 0 unspecified atom stereocenters. The van der Waals surface area contributed by atoms with Crippen LogP contribution >= 0.6 is 0 Å². The van der Waals surface area contributed by atoms with Crippen LogP contribution in [0.4, 0.5) is 5.82 Å². The summed E-state index contributed by atoms with van der Waals surface area (Å²) in [6.45, 7) is 1.64. The summed E-state index contributed by atoms with van der Waals surface area (Å²) >= 11 is 0. The summed E-state index contributed by atoms with van der Waals surface area (Å²) in [6.07, 6.45) is 4.65. The fourth-order valence-corrected chi connectivity index (χ4v) is 3.13. The van der Waals surface area contributed by atoms with E-state index >= 15 is 0 Å². The van der Waals surface area contributed by atoms with E-state index in [0.29, 0.717) is 11.4 Å². The summed E-state index contributed by atoms with van der Waals surface area (Å²) in [5.41, 5.74) is 2.92. The van der Waals surface area contributed by atoms with E-state index in [1.807, 2.05) is 18.2 Å². The number of aromatic nitrogens is 2. The Kier molecular flexibility index (Phi) is 5.07. The predicted octanol–water partition coefficient (Wildman–Crippen LogP) is 2.56. The molecule has 0 saturated carbocycles. The maximum absolute atomic E-state index is 12.3. The third kappa shape index (κ3) is 4.41. The Morgan fingerprint density at radius 2 is 1.88 bits per heavy atom. The molecule has 130 valence electrons. The number of Topliss-reactive ketones (excluding diaryl/α,β-unsaturated/α-hetero) is 1. The predicted molar refractivity (Wildman–Crippen MR) is 94.9 cm³/mol. The van der Waals surface area contributed by atoms with Crippen molar-refractivity contribution < 1.29 is 9.59 Å². The lowest BCUT2D eigenvalue weighted by molar-refractivity contribution is -0.116. The minimum Gasteiger partial charge on any atom is -0.311 e. The number of aryl methyl sites for hydroxylation is 3. The first-order valence-corrected chi connectivity index (χ1v) is 8.54. The number of carbonyl (C=O) groups is 2. The molecular weight excluding hydrogens is 318 g/mol. The number of nitrogens with one attached hydrogen (secondary N) is 2. The summed E-state index contributed by atoms with van der Waals surface area (Å²) in [6, 6.07) is 7.07. The quantitative estimate of drug-likeness (QED) is 0.819. The van der Waals surface area contributed by atoms with Crippen LogP contribution in [0.1, 0.15) is 53.0 Å². The van der Waals surface area contributed by atoms with Gasteiger partial charge in [0.1, 0.15) is 11.6 Å². The van der Waals surface area contributed by atoms with Gasteiger partial charge in [0.25, 0.3) is 5.56 Å². The van der Waals surface area contributed by atoms with Crippen LogP contribution in [0.15, 0.2) is 29.1 Å². The number of carbonyl (C=O) groups excluding carboxylic acids is 2. The van der Waals surface area contributed by atoms with Crippen molar-refractivity contribution in [3.63, 3.8) is 0 Å². The monoisotopic (exact) mass is 339 g/mol. The number of nitrogens with zero attached hydrogens (tertiary/aromatic N) is 1. The van der Waals surface area contributed by atoms with Crippen LogP contribution in [-0.2, 0) is 17.6 Å². The van der Waals surface area contributed by atoms with Gasteiger partial charge < -0.3 is 10.3 Å². The zero-order valence-corrected chi connectivity index (χ0v) is 14.2. The molecule has 1 heterocycles. The third-order valence-electron chi connectivity index (χ3n) is 4.38. The van der Waals surface area contributed by atoms with E-state index in [2.05, 4.69) is 15.3 Å². The molecule has 0 atom stereocenters. The Morgan fingerprint density at radius 1 is 1.12 bits per heavy atom. The smallest absolute Gasteiger partial charge is 0.252 e. The lowest BCUT2D eigenvalue weighted by atomic mass is 9.89. The van der Waals surface area contributed by atoms with Gasteiger partial charge in [-0.1, -0.05) is 12.1 Å². The van der Waals surface area contributed by atoms with Gasteiger partial charge in [-0.25, -0.2) is 4.98 Å². The second-order valence-corrected chi connectivity index (χ2v) is 6.38. The molecule has 0 bridgehead atoms. The number of hydrogen-bond acceptors (Lipinski definition) is 4. The lowest BCUT2D eigenvalue weighted by Gasteiger charge is -2.16. The van der Waals surface area contributed by atoms with Crippen molar-refractivity contribution in [1.82, 2.24) is 9.97 Å². The largest absolute Gasteiger partial charge is 0.311 e. The summed E-state index contributed by atoms with van der Waals surface area (Å²) in [5.74, 6) is 0.253. The molecule has 1 aliphatic carbocycles. The minimum absolute atomic E-state index is 0.0430. The Hall–Kier alpha value is -2.76. The number of hydrogen-bond donors (Lipinski definition) is 2. The molecule has 6 nitrogen and oxygen atoms in total. The standard InChI is InChI=1S/C19H21N3O3/c1-12-20-17(11-19(25)21-12)22-18(24)9-8-16(23)15-7-6-13-4-2-3-5-14(13)10-15/h6-7,10-11H,2-5,8-9H2,1H3,(H2,20,21,22,24,25). The Balaban J connectivity index is 1.58. The number of anilines is 1. The summed E-state index contributed by atoms with van der Waals surface area (Å²) in [4.78, 5) is 42.2. The minimum atomic E-state index is -0.330. The average Bonchev–Trinajstić information content (AvgIpc) is 2.58. The lowest BCUT2D eigenvalue weighted by Crippen LogP contribution is -2.18. The first kappa shape index (κ1) is 17.1. The van der Waals surface area contributed by atoms with E-state index in [4.69, 9.17) is 0 Å². The van der Waals surface area contributed by atoms with Crippen molar-refractivity contribution in [1.29, 1.82) is 0 Å². The zero-order valence-electron chi connectivity index (χ0n) is 14.2. The van der Waals surface area contributed by atoms with Crippen LogP contribution in [0.3, 0.4) is 0 Å². The number of H-pyrrole nitrogens is 1. The fraction of sp³-hybridized carbons (Fsp3) is 0.368. The van der Waals surface area contributed by atoms with Crippen molar-refractivity contribution in [2.75, 3.05) is 5.32 Å². The Labute approximate surface area is 145 Å². The van der Waals surface area contributed by atoms with E-state index in [9.17, 15) is 14.4 Å². The van der Waals surface area contributed by atoms with Gasteiger partial charge in [-0.2, -0.15) is 0 Å². The van der Waals surface area contributed by atoms with Crippen LogP contribution < -0.4 is 10.9 Å². The van der Waals surface area contributed by atoms with Gasteiger partial charge in [-0.3, -0.25) is 14.4 Å². The molecule has 0 fully saturated rings. The molecule has 3 rings (SSSR count). The molecule has 2 N–H and O–H groups in total. The van der Waals surface area contributed by atoms with Gasteiger partial charge >= 0.3 is 0 Å². The van der Waals surface area contributed by atoms with Gasteiger partial charge in [0, 0.05) is 24.5 Å². The second-order valence-electron chi connectivity index (χ2n) is 6.38. The fourth-order valence-electron chi connectivity index (χ4n) is 3.13. The van der Waals surface area contributed by atoms with Gasteiger partial charge in [0.15, 0.2) is 5.78 Å². The normalized spacial score (nSPS) is 13.2. The number of benzene rings is 1. The molecule has 2 aromatic rings. The van der Waals surface area contributed by atoms with Crippen LogP contribution in [0, 0.1) is 6.92 Å². The van der Waals surface area contributed by atoms with E-state index in [1.54, 1.807) is 6.92 Å². The number of amides is 1. The van der Waals surface area contributed by atoms with Gasteiger partial charge in [0.05, 0.1) is 0 Å². The number of ketones is 1. The van der Waals surface area contributed by atoms with Crippen molar-refractivity contribution in [3.8, 4) is 0 Å². The molecule has 0 saturated heterocycles. The summed E-state index contributed by atoms with van der Waals surface area (Å²) < 4.78 is 0. The molecule has 1 aromatic heterocycles. The van der Waals surface area contributed by atoms with E-state index in [0.717, 1.165) is 19.3 Å². The molecule has 6 heteroatoms. The first-order chi connectivity index (χ1) is 12.0. The number of rotatable bonds is 5. The maximum atomic E-state index is 12.3. The first-order valence-electron chi connectivity index (χ1n) is 8.54. The van der Waals surface area contributed by atoms with Crippen molar-refractivity contribution in [2.45, 2.75) is 45.4 Å². The third-order valence-corrected chi connectivity index (χ3v) is 4.38. The Bertz CT molecular complexity index is 870. The van der Waals surface area contributed by atoms with E-state index < -0.39 is 0 Å². The molecule has 0 aliphatic heterocycles. The molecule has 1 aliphatic rings. The van der Waals surface area contributed by atoms with Crippen LogP contribution in [-0.4, -0.2) is 21.7 Å². The van der Waals surface area contributed by atoms with Crippen LogP contribution in [0.2, 0.25) is 0 Å². The van der Waals surface area contributed by atoms with E-state index in [1.165, 1.54) is 23.6 Å². The van der Waals surface area contributed by atoms with Crippen molar-refractivity contribution >= 4 is 17.5 Å². The molecular formula is C19H21N3O3. The van der Waals surface area contributed by atoms with Crippen LogP contribution in [0.5, 0.6) is 0 Å². The highest BCUT2D eigenvalue weighted by Gasteiger charge is 2.14. The molecule has 1 amide bonds.